The molecule has 2 heterocycles. The highest BCUT2D eigenvalue weighted by atomic mass is 32.2. The zero-order valence-electron chi connectivity index (χ0n) is 13.9. The van der Waals surface area contributed by atoms with Gasteiger partial charge in [-0.2, -0.15) is 0 Å². The van der Waals surface area contributed by atoms with Gasteiger partial charge in [-0.25, -0.2) is 12.7 Å². The molecule has 0 saturated carbocycles. The number of rotatable bonds is 6. The smallest absolute Gasteiger partial charge is 0.313 e. The standard InChI is InChI=1S/C14H25N3O5S/c1-11(18)17-8-12-7-16(9-14(12,10-17)13(19)20)5-4-6-23(21,22)15(2)3/h12H,4-10H2,1-3H3,(H,19,20)/t12-,14-/m0/s1. The number of hydrogen-bond donors (Lipinski definition) is 1. The predicted molar refractivity (Wildman–Crippen MR) is 84.3 cm³/mol. The summed E-state index contributed by atoms with van der Waals surface area (Å²) >= 11 is 0. The first-order valence-electron chi connectivity index (χ1n) is 7.70. The molecule has 0 spiro atoms. The van der Waals surface area contributed by atoms with Crippen molar-refractivity contribution in [2.24, 2.45) is 11.3 Å². The first-order valence-corrected chi connectivity index (χ1v) is 9.31. The molecule has 9 heteroatoms. The fourth-order valence-electron chi connectivity index (χ4n) is 3.54. The Labute approximate surface area is 137 Å². The van der Waals surface area contributed by atoms with Crippen LogP contribution in [0.25, 0.3) is 0 Å². The van der Waals surface area contributed by atoms with Crippen LogP contribution in [-0.2, 0) is 19.6 Å². The fourth-order valence-corrected chi connectivity index (χ4v) is 4.39. The summed E-state index contributed by atoms with van der Waals surface area (Å²) in [6, 6.07) is 0. The molecule has 0 aromatic heterocycles. The average Bonchev–Trinajstić information content (AvgIpc) is 2.92. The lowest BCUT2D eigenvalue weighted by molar-refractivity contribution is -0.149. The van der Waals surface area contributed by atoms with Crippen molar-refractivity contribution in [1.29, 1.82) is 0 Å². The zero-order valence-corrected chi connectivity index (χ0v) is 14.7. The van der Waals surface area contributed by atoms with Crippen LogP contribution in [0.3, 0.4) is 0 Å². The Balaban J connectivity index is 1.95. The van der Waals surface area contributed by atoms with Crippen LogP contribution >= 0.6 is 0 Å². The third kappa shape index (κ3) is 3.51. The maximum atomic E-state index is 11.8. The Morgan fingerprint density at radius 3 is 2.39 bits per heavy atom. The highest BCUT2D eigenvalue weighted by molar-refractivity contribution is 7.89. The van der Waals surface area contributed by atoms with Crippen LogP contribution in [-0.4, -0.2) is 92.1 Å². The lowest BCUT2D eigenvalue weighted by Gasteiger charge is -2.25. The second-order valence-corrected chi connectivity index (χ2v) is 9.05. The molecule has 0 bridgehead atoms. The van der Waals surface area contributed by atoms with Gasteiger partial charge in [0.1, 0.15) is 5.41 Å². The summed E-state index contributed by atoms with van der Waals surface area (Å²) in [5.74, 6) is -0.992. The van der Waals surface area contributed by atoms with Crippen molar-refractivity contribution in [3.8, 4) is 0 Å². The van der Waals surface area contributed by atoms with E-state index in [2.05, 4.69) is 0 Å². The fraction of sp³-hybridized carbons (Fsp3) is 0.857. The topological polar surface area (TPSA) is 98.2 Å². The number of sulfonamides is 1. The summed E-state index contributed by atoms with van der Waals surface area (Å²) in [4.78, 5) is 26.9. The third-order valence-electron chi connectivity index (χ3n) is 4.98. The number of aliphatic carboxylic acids is 1. The first-order chi connectivity index (χ1) is 10.6. The minimum absolute atomic E-state index is 0.0564. The second kappa shape index (κ2) is 6.37. The molecule has 23 heavy (non-hydrogen) atoms. The molecule has 1 N–H and O–H groups in total. The van der Waals surface area contributed by atoms with Gasteiger partial charge in [0.05, 0.1) is 5.75 Å². The monoisotopic (exact) mass is 347 g/mol. The zero-order chi connectivity index (χ0) is 17.4. The van der Waals surface area contributed by atoms with Crippen molar-refractivity contribution in [2.75, 3.05) is 52.6 Å². The Morgan fingerprint density at radius 2 is 1.91 bits per heavy atom. The van der Waals surface area contributed by atoms with E-state index in [1.807, 2.05) is 4.90 Å². The Hall–Kier alpha value is -1.19. The van der Waals surface area contributed by atoms with Gasteiger partial charge in [0.2, 0.25) is 15.9 Å². The van der Waals surface area contributed by atoms with E-state index in [4.69, 9.17) is 0 Å². The molecule has 132 valence electrons. The molecule has 2 saturated heterocycles. The summed E-state index contributed by atoms with van der Waals surface area (Å²) in [6.45, 7) is 3.69. The van der Waals surface area contributed by atoms with E-state index in [1.165, 1.54) is 25.3 Å². The quantitative estimate of drug-likeness (QED) is 0.671. The molecule has 8 nitrogen and oxygen atoms in total. The number of likely N-dealkylation sites (tertiary alicyclic amines) is 2. The first kappa shape index (κ1) is 18.2. The SMILES string of the molecule is CC(=O)N1C[C@@H]2CN(CCCS(=O)(=O)N(C)C)C[C@]2(C(=O)O)C1. The summed E-state index contributed by atoms with van der Waals surface area (Å²) in [6.07, 6.45) is 0.472. The molecule has 2 fully saturated rings. The van der Waals surface area contributed by atoms with Crippen molar-refractivity contribution < 1.29 is 23.1 Å². The summed E-state index contributed by atoms with van der Waals surface area (Å²) in [7, 11) is -0.212. The van der Waals surface area contributed by atoms with Crippen LogP contribution in [0.15, 0.2) is 0 Å². The summed E-state index contributed by atoms with van der Waals surface area (Å²) in [5.41, 5.74) is -0.911. The minimum atomic E-state index is -3.22. The van der Waals surface area contributed by atoms with Crippen LogP contribution in [0.4, 0.5) is 0 Å². The normalized spacial score (nSPS) is 28.3. The maximum absolute atomic E-state index is 11.8. The van der Waals surface area contributed by atoms with Crippen molar-refractivity contribution in [2.45, 2.75) is 13.3 Å². The highest BCUT2D eigenvalue weighted by Crippen LogP contribution is 2.42. The van der Waals surface area contributed by atoms with E-state index in [0.717, 1.165) is 0 Å². The molecule has 0 radical (unpaired) electrons. The van der Waals surface area contributed by atoms with Gasteiger partial charge < -0.3 is 14.9 Å². The Kier molecular flexibility index (Phi) is 5.03. The van der Waals surface area contributed by atoms with Gasteiger partial charge in [-0.05, 0) is 13.0 Å². The highest BCUT2D eigenvalue weighted by Gasteiger charge is 2.57. The van der Waals surface area contributed by atoms with E-state index in [0.29, 0.717) is 32.6 Å². The molecule has 2 atom stereocenters. The molecule has 2 aliphatic heterocycles. The number of hydrogen-bond acceptors (Lipinski definition) is 5. The number of carboxylic acids is 1. The Bertz CT molecular complexity index is 591. The van der Waals surface area contributed by atoms with Gasteiger partial charge in [0, 0.05) is 53.1 Å². The van der Waals surface area contributed by atoms with Gasteiger partial charge >= 0.3 is 5.97 Å². The number of carboxylic acid groups (broad SMARTS) is 1. The van der Waals surface area contributed by atoms with E-state index in [1.54, 1.807) is 4.90 Å². The van der Waals surface area contributed by atoms with E-state index < -0.39 is 21.4 Å². The third-order valence-corrected chi connectivity index (χ3v) is 6.90. The van der Waals surface area contributed by atoms with E-state index >= 15 is 0 Å². The maximum Gasteiger partial charge on any atom is 0.313 e. The van der Waals surface area contributed by atoms with E-state index in [9.17, 15) is 23.1 Å². The number of carbonyl (C=O) groups excluding carboxylic acids is 1. The summed E-state index contributed by atoms with van der Waals surface area (Å²) < 4.78 is 24.7. The number of nitrogens with zero attached hydrogens (tertiary/aromatic N) is 3. The molecule has 2 aliphatic rings. The van der Waals surface area contributed by atoms with Gasteiger partial charge in [-0.1, -0.05) is 0 Å². The molecule has 0 aromatic carbocycles. The van der Waals surface area contributed by atoms with Gasteiger partial charge in [0.15, 0.2) is 0 Å². The summed E-state index contributed by atoms with van der Waals surface area (Å²) in [5, 5.41) is 9.65. The van der Waals surface area contributed by atoms with Crippen LogP contribution < -0.4 is 0 Å². The van der Waals surface area contributed by atoms with Gasteiger partial charge in [-0.3, -0.25) is 9.59 Å². The van der Waals surface area contributed by atoms with Crippen molar-refractivity contribution >= 4 is 21.9 Å². The largest absolute Gasteiger partial charge is 0.481 e. The molecule has 2 rings (SSSR count). The number of fused-ring (bicyclic) bond motifs is 1. The molecule has 1 amide bonds. The van der Waals surface area contributed by atoms with Gasteiger partial charge in [-0.15, -0.1) is 0 Å². The van der Waals surface area contributed by atoms with Crippen LogP contribution in [0, 0.1) is 11.3 Å². The molecular formula is C14H25N3O5S. The lowest BCUT2D eigenvalue weighted by Crippen LogP contribution is -2.41. The molecule has 0 aliphatic carbocycles. The number of carbonyl (C=O) groups is 2. The lowest BCUT2D eigenvalue weighted by atomic mass is 9.81. The Morgan fingerprint density at radius 1 is 1.26 bits per heavy atom. The van der Waals surface area contributed by atoms with E-state index in [-0.39, 0.29) is 24.1 Å². The minimum Gasteiger partial charge on any atom is -0.481 e. The number of amides is 1. The van der Waals surface area contributed by atoms with Crippen molar-refractivity contribution in [3.05, 3.63) is 0 Å². The van der Waals surface area contributed by atoms with Crippen molar-refractivity contribution in [3.63, 3.8) is 0 Å². The van der Waals surface area contributed by atoms with Gasteiger partial charge in [0.25, 0.3) is 0 Å². The average molecular weight is 347 g/mol. The van der Waals surface area contributed by atoms with Crippen LogP contribution in [0.1, 0.15) is 13.3 Å². The van der Waals surface area contributed by atoms with Crippen molar-refractivity contribution in [1.82, 2.24) is 14.1 Å². The van der Waals surface area contributed by atoms with Crippen LogP contribution in [0.2, 0.25) is 0 Å². The predicted octanol–water partition coefficient (Wildman–Crippen LogP) is -0.867. The molecular weight excluding hydrogens is 322 g/mol. The molecule has 0 unspecified atom stereocenters. The van der Waals surface area contributed by atoms with Crippen LogP contribution in [0.5, 0.6) is 0 Å². The second-order valence-electron chi connectivity index (χ2n) is 6.74. The molecule has 0 aromatic rings.